The second kappa shape index (κ2) is 6.38. The van der Waals surface area contributed by atoms with Crippen LogP contribution in [0.25, 0.3) is 0 Å². The van der Waals surface area contributed by atoms with Gasteiger partial charge in [0.1, 0.15) is 6.04 Å². The Balaban J connectivity index is 3.52. The van der Waals surface area contributed by atoms with E-state index in [0.29, 0.717) is 13.0 Å². The molecule has 0 spiro atoms. The maximum atomic E-state index is 10.9. The van der Waals surface area contributed by atoms with Crippen molar-refractivity contribution in [1.29, 1.82) is 0 Å². The molecule has 0 rings (SSSR count). The summed E-state index contributed by atoms with van der Waals surface area (Å²) in [6.07, 6.45) is 0.322. The molecule has 0 aromatic heterocycles. The number of amides is 1. The fourth-order valence-corrected chi connectivity index (χ4v) is 0.638. The lowest BCUT2D eigenvalue weighted by molar-refractivity contribution is -0.138. The van der Waals surface area contributed by atoms with Crippen LogP contribution in [0.15, 0.2) is 0 Å². The van der Waals surface area contributed by atoms with Gasteiger partial charge in [0.25, 0.3) is 0 Å². The van der Waals surface area contributed by atoms with E-state index in [-0.39, 0.29) is 12.5 Å². The van der Waals surface area contributed by atoms with E-state index in [4.69, 9.17) is 10.8 Å². The number of nitrogens with two attached hydrogens (primary N) is 1. The van der Waals surface area contributed by atoms with Gasteiger partial charge in [-0.2, -0.15) is 0 Å². The Morgan fingerprint density at radius 1 is 1.54 bits per heavy atom. The number of aliphatic carboxylic acids is 1. The van der Waals surface area contributed by atoms with Gasteiger partial charge >= 0.3 is 5.97 Å². The summed E-state index contributed by atoms with van der Waals surface area (Å²) >= 11 is 0. The number of nitrogens with one attached hydrogen (secondary N) is 2. The van der Waals surface area contributed by atoms with Crippen LogP contribution >= 0.6 is 0 Å². The first-order chi connectivity index (χ1) is 6.07. The molecule has 0 heterocycles. The first-order valence-electron chi connectivity index (χ1n) is 3.97. The fraction of sp³-hybridized carbons (Fsp3) is 0.714. The molecule has 6 heteroatoms. The van der Waals surface area contributed by atoms with E-state index in [2.05, 4.69) is 10.6 Å². The Hall–Kier alpha value is -1.14. The van der Waals surface area contributed by atoms with Gasteiger partial charge in [-0.1, -0.05) is 0 Å². The van der Waals surface area contributed by atoms with Crippen molar-refractivity contribution in [3.05, 3.63) is 0 Å². The van der Waals surface area contributed by atoms with Gasteiger partial charge < -0.3 is 21.5 Å². The molecule has 0 saturated heterocycles. The molecule has 0 saturated carbocycles. The van der Waals surface area contributed by atoms with Crippen molar-refractivity contribution in [3.63, 3.8) is 0 Å². The summed E-state index contributed by atoms with van der Waals surface area (Å²) in [7, 11) is 1.73. The normalized spacial score (nSPS) is 12.2. The largest absolute Gasteiger partial charge is 0.480 e. The molecule has 5 N–H and O–H groups in total. The molecule has 0 aliphatic heterocycles. The van der Waals surface area contributed by atoms with Crippen LogP contribution in [0.2, 0.25) is 0 Å². The maximum Gasteiger partial charge on any atom is 0.322 e. The first-order valence-corrected chi connectivity index (χ1v) is 3.97. The Morgan fingerprint density at radius 2 is 2.15 bits per heavy atom. The van der Waals surface area contributed by atoms with E-state index in [9.17, 15) is 9.59 Å². The number of hydrogen-bond acceptors (Lipinski definition) is 4. The predicted molar refractivity (Wildman–Crippen MR) is 47.2 cm³/mol. The standard InChI is InChI=1S/C7H15N3O3/c1-9-3-2-6(11)10-4-5(8)7(12)13/h5,9H,2-4,8H2,1H3,(H,10,11)(H,12,13). The molecule has 6 nitrogen and oxygen atoms in total. The first kappa shape index (κ1) is 11.9. The minimum Gasteiger partial charge on any atom is -0.480 e. The van der Waals surface area contributed by atoms with E-state index in [1.165, 1.54) is 0 Å². The lowest BCUT2D eigenvalue weighted by Crippen LogP contribution is -2.42. The van der Waals surface area contributed by atoms with Crippen molar-refractivity contribution < 1.29 is 14.7 Å². The minimum absolute atomic E-state index is 0.0299. The van der Waals surface area contributed by atoms with Crippen LogP contribution in [0.1, 0.15) is 6.42 Å². The zero-order valence-corrected chi connectivity index (χ0v) is 7.54. The van der Waals surface area contributed by atoms with E-state index in [0.717, 1.165) is 0 Å². The molecule has 76 valence electrons. The summed E-state index contributed by atoms with van der Waals surface area (Å²) in [6.45, 7) is 0.534. The average Bonchev–Trinajstić information content (AvgIpc) is 2.10. The van der Waals surface area contributed by atoms with Crippen LogP contribution in [-0.4, -0.2) is 43.2 Å². The van der Waals surface area contributed by atoms with Gasteiger partial charge in [-0.05, 0) is 7.05 Å². The third kappa shape index (κ3) is 6.06. The summed E-state index contributed by atoms with van der Waals surface area (Å²) in [6, 6.07) is -1.03. The van der Waals surface area contributed by atoms with Gasteiger partial charge in [0, 0.05) is 19.5 Å². The zero-order valence-electron chi connectivity index (χ0n) is 7.54. The molecule has 0 aromatic carbocycles. The van der Waals surface area contributed by atoms with Gasteiger partial charge in [0.2, 0.25) is 5.91 Å². The average molecular weight is 189 g/mol. The van der Waals surface area contributed by atoms with Crippen molar-refractivity contribution in [1.82, 2.24) is 10.6 Å². The lowest BCUT2D eigenvalue weighted by Gasteiger charge is -2.07. The number of carbonyl (C=O) groups is 2. The Morgan fingerprint density at radius 3 is 2.62 bits per heavy atom. The number of hydrogen-bond donors (Lipinski definition) is 4. The van der Waals surface area contributed by atoms with Crippen molar-refractivity contribution in [2.75, 3.05) is 20.1 Å². The second-order valence-electron chi connectivity index (χ2n) is 2.60. The summed E-state index contributed by atoms with van der Waals surface area (Å²) in [5, 5.41) is 13.6. The van der Waals surface area contributed by atoms with Crippen LogP contribution < -0.4 is 16.4 Å². The summed E-state index contributed by atoms with van der Waals surface area (Å²) in [5.41, 5.74) is 5.16. The highest BCUT2D eigenvalue weighted by Crippen LogP contribution is 1.79. The Bertz CT molecular complexity index is 184. The molecular weight excluding hydrogens is 174 g/mol. The molecule has 0 bridgehead atoms. The topological polar surface area (TPSA) is 104 Å². The SMILES string of the molecule is CNCCC(=O)NCC(N)C(=O)O. The van der Waals surface area contributed by atoms with Crippen molar-refractivity contribution in [2.24, 2.45) is 5.73 Å². The molecule has 0 radical (unpaired) electrons. The minimum atomic E-state index is -1.12. The third-order valence-corrected chi connectivity index (χ3v) is 1.44. The smallest absolute Gasteiger partial charge is 0.322 e. The molecule has 1 unspecified atom stereocenters. The van der Waals surface area contributed by atoms with E-state index in [1.54, 1.807) is 7.05 Å². The molecular formula is C7H15N3O3. The monoisotopic (exact) mass is 189 g/mol. The summed E-state index contributed by atoms with van der Waals surface area (Å²) in [4.78, 5) is 21.2. The predicted octanol–water partition coefficient (Wildman–Crippen LogP) is -1.88. The summed E-state index contributed by atoms with van der Waals surface area (Å²) < 4.78 is 0. The number of carboxylic acid groups (broad SMARTS) is 1. The summed E-state index contributed by atoms with van der Waals surface area (Å²) in [5.74, 6) is -1.32. The van der Waals surface area contributed by atoms with Gasteiger partial charge in [0.05, 0.1) is 0 Å². The van der Waals surface area contributed by atoms with Crippen LogP contribution in [-0.2, 0) is 9.59 Å². The van der Waals surface area contributed by atoms with Crippen molar-refractivity contribution in [3.8, 4) is 0 Å². The molecule has 0 fully saturated rings. The van der Waals surface area contributed by atoms with Crippen LogP contribution in [0.4, 0.5) is 0 Å². The Labute approximate surface area is 76.5 Å². The van der Waals surface area contributed by atoms with E-state index < -0.39 is 12.0 Å². The third-order valence-electron chi connectivity index (χ3n) is 1.44. The molecule has 13 heavy (non-hydrogen) atoms. The van der Waals surface area contributed by atoms with Crippen LogP contribution in [0.3, 0.4) is 0 Å². The van der Waals surface area contributed by atoms with Gasteiger partial charge in [-0.3, -0.25) is 9.59 Å². The van der Waals surface area contributed by atoms with Crippen LogP contribution in [0, 0.1) is 0 Å². The molecule has 1 atom stereocenters. The highest BCUT2D eigenvalue weighted by Gasteiger charge is 2.11. The molecule has 1 amide bonds. The zero-order chi connectivity index (χ0) is 10.3. The quantitative estimate of drug-likeness (QED) is 0.391. The second-order valence-corrected chi connectivity index (χ2v) is 2.60. The fourth-order valence-electron chi connectivity index (χ4n) is 0.638. The number of rotatable bonds is 6. The van der Waals surface area contributed by atoms with Crippen LogP contribution in [0.5, 0.6) is 0 Å². The van der Waals surface area contributed by atoms with E-state index in [1.807, 2.05) is 0 Å². The molecule has 0 aliphatic rings. The van der Waals surface area contributed by atoms with Gasteiger partial charge in [-0.15, -0.1) is 0 Å². The van der Waals surface area contributed by atoms with Crippen molar-refractivity contribution in [2.45, 2.75) is 12.5 Å². The lowest BCUT2D eigenvalue weighted by atomic mass is 10.3. The highest BCUT2D eigenvalue weighted by atomic mass is 16.4. The number of carbonyl (C=O) groups excluding carboxylic acids is 1. The van der Waals surface area contributed by atoms with E-state index >= 15 is 0 Å². The Kier molecular flexibility index (Phi) is 5.82. The maximum absolute atomic E-state index is 10.9. The van der Waals surface area contributed by atoms with Crippen molar-refractivity contribution >= 4 is 11.9 Å². The molecule has 0 aliphatic carbocycles. The van der Waals surface area contributed by atoms with Gasteiger partial charge in [0.15, 0.2) is 0 Å². The van der Waals surface area contributed by atoms with Gasteiger partial charge in [-0.25, -0.2) is 0 Å². The number of carboxylic acids is 1. The highest BCUT2D eigenvalue weighted by molar-refractivity contribution is 5.78. The molecule has 0 aromatic rings.